The van der Waals surface area contributed by atoms with Crippen molar-refractivity contribution in [1.29, 1.82) is 0 Å². The van der Waals surface area contributed by atoms with Gasteiger partial charge in [0.1, 0.15) is 0 Å². The third-order valence-corrected chi connectivity index (χ3v) is 0.243. The standard InChI is InChI=1S/C2H4N2O2.H2O4S/c3-1(5)2(4)6;1-5(2,3)4/h(H2,3,5)(H2,4,6);(H2,1,2,3,4). The van der Waals surface area contributed by atoms with Crippen molar-refractivity contribution >= 4 is 22.2 Å². The summed E-state index contributed by atoms with van der Waals surface area (Å²) < 4.78 is 31.6. The van der Waals surface area contributed by atoms with Crippen molar-refractivity contribution in [3.05, 3.63) is 0 Å². The number of hydrogen-bond acceptors (Lipinski definition) is 4. The van der Waals surface area contributed by atoms with Crippen LogP contribution in [0.1, 0.15) is 0 Å². The first-order valence-electron chi connectivity index (χ1n) is 1.93. The fourth-order valence-corrected chi connectivity index (χ4v) is 0. The fourth-order valence-electron chi connectivity index (χ4n) is 0. The average Bonchev–Trinajstić information content (AvgIpc) is 1.59. The number of carbonyl (C=O) groups excluding carboxylic acids is 2. The molecule has 2 amide bonds. The highest BCUT2D eigenvalue weighted by Crippen LogP contribution is 1.59. The van der Waals surface area contributed by atoms with Crippen LogP contribution in [0.15, 0.2) is 0 Å². The molecule has 0 aromatic rings. The molecular formula is C2H6N2O6S. The lowest BCUT2D eigenvalue weighted by atomic mass is 10.6. The fraction of sp³-hybridized carbons (Fsp3) is 0. The van der Waals surface area contributed by atoms with Gasteiger partial charge in [-0.25, -0.2) is 0 Å². The normalized spacial score (nSPS) is 9.27. The van der Waals surface area contributed by atoms with Crippen molar-refractivity contribution in [2.24, 2.45) is 11.5 Å². The van der Waals surface area contributed by atoms with E-state index in [9.17, 15) is 9.59 Å². The van der Waals surface area contributed by atoms with Gasteiger partial charge in [-0.05, 0) is 0 Å². The molecule has 0 aliphatic rings. The topological polar surface area (TPSA) is 161 Å². The maximum atomic E-state index is 9.45. The van der Waals surface area contributed by atoms with Crippen molar-refractivity contribution in [1.82, 2.24) is 0 Å². The molecule has 0 aromatic carbocycles. The van der Waals surface area contributed by atoms with E-state index in [1.807, 2.05) is 0 Å². The quantitative estimate of drug-likeness (QED) is 0.238. The lowest BCUT2D eigenvalue weighted by molar-refractivity contribution is -0.135. The molecule has 0 unspecified atom stereocenters. The predicted molar refractivity (Wildman–Crippen MR) is 32.6 cm³/mol. The van der Waals surface area contributed by atoms with Crippen molar-refractivity contribution in [2.75, 3.05) is 0 Å². The van der Waals surface area contributed by atoms with E-state index in [-0.39, 0.29) is 0 Å². The van der Waals surface area contributed by atoms with Crippen LogP contribution in [-0.2, 0) is 20.0 Å². The summed E-state index contributed by atoms with van der Waals surface area (Å²) in [4.78, 5) is 18.9. The third kappa shape index (κ3) is 51.7. The second kappa shape index (κ2) is 4.60. The summed E-state index contributed by atoms with van der Waals surface area (Å²) in [7, 11) is -4.67. The molecule has 0 aliphatic heterocycles. The Labute approximate surface area is 61.7 Å². The van der Waals surface area contributed by atoms with E-state index in [1.54, 1.807) is 0 Å². The van der Waals surface area contributed by atoms with Crippen LogP contribution in [0.4, 0.5) is 0 Å². The van der Waals surface area contributed by atoms with Crippen molar-refractivity contribution in [3.63, 3.8) is 0 Å². The Balaban J connectivity index is 0. The molecule has 66 valence electrons. The van der Waals surface area contributed by atoms with Crippen LogP contribution in [0, 0.1) is 0 Å². The maximum absolute atomic E-state index is 9.45. The first kappa shape index (κ1) is 12.5. The molecule has 0 bridgehead atoms. The number of amides is 2. The monoisotopic (exact) mass is 186 g/mol. The molecule has 6 N–H and O–H groups in total. The third-order valence-electron chi connectivity index (χ3n) is 0.243. The van der Waals surface area contributed by atoms with Gasteiger partial charge >= 0.3 is 22.2 Å². The molecule has 0 atom stereocenters. The van der Waals surface area contributed by atoms with Gasteiger partial charge in [-0.1, -0.05) is 0 Å². The molecule has 0 heterocycles. The second-order valence-corrected chi connectivity index (χ2v) is 2.07. The van der Waals surface area contributed by atoms with Gasteiger partial charge in [-0.15, -0.1) is 0 Å². The van der Waals surface area contributed by atoms with Crippen LogP contribution in [0.2, 0.25) is 0 Å². The van der Waals surface area contributed by atoms with Gasteiger partial charge in [0, 0.05) is 0 Å². The van der Waals surface area contributed by atoms with E-state index in [0.717, 1.165) is 0 Å². The minimum absolute atomic E-state index is 1.10. The van der Waals surface area contributed by atoms with Crippen molar-refractivity contribution < 1.29 is 27.1 Å². The summed E-state index contributed by atoms with van der Waals surface area (Å²) in [6, 6.07) is 0. The molecule has 0 spiro atoms. The molecule has 0 saturated heterocycles. The van der Waals surface area contributed by atoms with E-state index >= 15 is 0 Å². The van der Waals surface area contributed by atoms with E-state index in [0.29, 0.717) is 0 Å². The minimum Gasteiger partial charge on any atom is -0.361 e. The van der Waals surface area contributed by atoms with E-state index in [1.165, 1.54) is 0 Å². The summed E-state index contributed by atoms with van der Waals surface area (Å²) in [6.45, 7) is 0. The van der Waals surface area contributed by atoms with E-state index < -0.39 is 22.2 Å². The Morgan fingerprint density at radius 1 is 1.00 bits per heavy atom. The number of carbonyl (C=O) groups is 2. The Hall–Kier alpha value is -1.19. The molecule has 9 heteroatoms. The summed E-state index contributed by atoms with van der Waals surface area (Å²) in [6.07, 6.45) is 0. The van der Waals surface area contributed by atoms with Crippen LogP contribution >= 0.6 is 0 Å². The zero-order valence-electron chi connectivity index (χ0n) is 5.09. The van der Waals surface area contributed by atoms with Gasteiger partial charge in [0.15, 0.2) is 0 Å². The number of hydrogen-bond donors (Lipinski definition) is 4. The summed E-state index contributed by atoms with van der Waals surface area (Å²) in [5.41, 5.74) is 8.64. The SMILES string of the molecule is NC(=O)C(N)=O.O=S(=O)(O)O. The Bertz CT molecular complexity index is 221. The zero-order chi connectivity index (χ0) is 9.65. The minimum atomic E-state index is -4.67. The Morgan fingerprint density at radius 3 is 1.09 bits per heavy atom. The highest BCUT2D eigenvalue weighted by molar-refractivity contribution is 7.79. The van der Waals surface area contributed by atoms with Gasteiger partial charge in [0.05, 0.1) is 0 Å². The molecular weight excluding hydrogens is 180 g/mol. The molecule has 11 heavy (non-hydrogen) atoms. The first-order valence-corrected chi connectivity index (χ1v) is 3.33. The van der Waals surface area contributed by atoms with Gasteiger partial charge in [0.2, 0.25) is 0 Å². The predicted octanol–water partition coefficient (Wildman–Crippen LogP) is -2.70. The zero-order valence-corrected chi connectivity index (χ0v) is 5.91. The van der Waals surface area contributed by atoms with E-state index in [2.05, 4.69) is 11.5 Å². The largest absolute Gasteiger partial charge is 0.394 e. The average molecular weight is 186 g/mol. The number of primary amides is 2. The van der Waals surface area contributed by atoms with Crippen LogP contribution < -0.4 is 11.5 Å². The summed E-state index contributed by atoms with van der Waals surface area (Å²) in [5.74, 6) is -2.20. The maximum Gasteiger partial charge on any atom is 0.394 e. The number of rotatable bonds is 0. The molecule has 0 radical (unpaired) electrons. The van der Waals surface area contributed by atoms with Crippen LogP contribution in [0.25, 0.3) is 0 Å². The Morgan fingerprint density at radius 2 is 1.09 bits per heavy atom. The van der Waals surface area contributed by atoms with Gasteiger partial charge in [0.25, 0.3) is 0 Å². The number of nitrogens with two attached hydrogens (primary N) is 2. The molecule has 0 saturated carbocycles. The van der Waals surface area contributed by atoms with Crippen LogP contribution in [0.5, 0.6) is 0 Å². The lowest BCUT2D eigenvalue weighted by Gasteiger charge is -1.75. The van der Waals surface area contributed by atoms with Gasteiger partial charge < -0.3 is 11.5 Å². The Kier molecular flexibility index (Phi) is 5.22. The molecule has 0 aliphatic carbocycles. The summed E-state index contributed by atoms with van der Waals surface area (Å²) >= 11 is 0. The van der Waals surface area contributed by atoms with Gasteiger partial charge in [-0.3, -0.25) is 18.7 Å². The van der Waals surface area contributed by atoms with E-state index in [4.69, 9.17) is 17.5 Å². The van der Waals surface area contributed by atoms with Crippen molar-refractivity contribution in [2.45, 2.75) is 0 Å². The first-order chi connectivity index (χ1) is 4.64. The molecule has 0 fully saturated rings. The lowest BCUT2D eigenvalue weighted by Crippen LogP contribution is -2.29. The smallest absolute Gasteiger partial charge is 0.361 e. The van der Waals surface area contributed by atoms with Crippen molar-refractivity contribution in [3.8, 4) is 0 Å². The molecule has 0 rings (SSSR count). The summed E-state index contributed by atoms with van der Waals surface area (Å²) in [5, 5.41) is 0. The molecule has 0 aromatic heterocycles. The van der Waals surface area contributed by atoms with Crippen LogP contribution in [-0.4, -0.2) is 29.3 Å². The van der Waals surface area contributed by atoms with Gasteiger partial charge in [-0.2, -0.15) is 8.42 Å². The highest BCUT2D eigenvalue weighted by atomic mass is 32.3. The second-order valence-electron chi connectivity index (χ2n) is 1.18. The highest BCUT2D eigenvalue weighted by Gasteiger charge is 1.96. The van der Waals surface area contributed by atoms with Crippen LogP contribution in [0.3, 0.4) is 0 Å². The molecule has 8 nitrogen and oxygen atoms in total.